The molecular formula is C8H15N3. The van der Waals surface area contributed by atoms with Crippen molar-refractivity contribution in [1.29, 1.82) is 0 Å². The van der Waals surface area contributed by atoms with Crippen LogP contribution in [0.4, 0.5) is 5.69 Å². The van der Waals surface area contributed by atoms with Crippen LogP contribution in [0.15, 0.2) is 6.20 Å². The Hall–Kier alpha value is -0.990. The highest BCUT2D eigenvalue weighted by molar-refractivity contribution is 5.45. The zero-order valence-electron chi connectivity index (χ0n) is 7.39. The molecule has 0 amide bonds. The highest BCUT2D eigenvalue weighted by Gasteiger charge is 1.99. The molecular weight excluding hydrogens is 138 g/mol. The van der Waals surface area contributed by atoms with E-state index >= 15 is 0 Å². The smallest absolute Gasteiger partial charge is 0.0824 e. The van der Waals surface area contributed by atoms with Gasteiger partial charge in [0.2, 0.25) is 0 Å². The highest BCUT2D eigenvalue weighted by atomic mass is 15.3. The molecule has 3 nitrogen and oxygen atoms in total. The van der Waals surface area contributed by atoms with Crippen molar-refractivity contribution in [2.45, 2.75) is 20.3 Å². The number of nitrogens with one attached hydrogen (secondary N) is 1. The van der Waals surface area contributed by atoms with Crippen LogP contribution in [0.3, 0.4) is 0 Å². The van der Waals surface area contributed by atoms with Crippen molar-refractivity contribution in [3.05, 3.63) is 11.9 Å². The van der Waals surface area contributed by atoms with Gasteiger partial charge in [0.15, 0.2) is 0 Å². The normalized spacial score (nSPS) is 10.1. The Morgan fingerprint density at radius 1 is 1.64 bits per heavy atom. The van der Waals surface area contributed by atoms with E-state index in [0.717, 1.165) is 24.3 Å². The molecule has 1 rings (SSSR count). The van der Waals surface area contributed by atoms with Crippen LogP contribution in [0.2, 0.25) is 0 Å². The van der Waals surface area contributed by atoms with Crippen molar-refractivity contribution in [2.75, 3.05) is 11.9 Å². The van der Waals surface area contributed by atoms with E-state index in [0.29, 0.717) is 0 Å². The maximum Gasteiger partial charge on any atom is 0.0824 e. The molecule has 11 heavy (non-hydrogen) atoms. The van der Waals surface area contributed by atoms with E-state index in [2.05, 4.69) is 17.3 Å². The van der Waals surface area contributed by atoms with Crippen LogP contribution in [-0.4, -0.2) is 16.3 Å². The van der Waals surface area contributed by atoms with E-state index < -0.39 is 0 Å². The maximum atomic E-state index is 4.22. The van der Waals surface area contributed by atoms with Gasteiger partial charge in [-0.15, -0.1) is 0 Å². The molecule has 0 aliphatic rings. The third-order valence-corrected chi connectivity index (χ3v) is 1.58. The van der Waals surface area contributed by atoms with Gasteiger partial charge in [-0.05, 0) is 13.3 Å². The Labute approximate surface area is 67.4 Å². The Bertz CT molecular complexity index is 227. The van der Waals surface area contributed by atoms with E-state index in [-0.39, 0.29) is 0 Å². The average molecular weight is 153 g/mol. The molecule has 0 fully saturated rings. The van der Waals surface area contributed by atoms with Crippen molar-refractivity contribution in [3.8, 4) is 0 Å². The summed E-state index contributed by atoms with van der Waals surface area (Å²) >= 11 is 0. The van der Waals surface area contributed by atoms with Crippen LogP contribution < -0.4 is 5.32 Å². The molecule has 0 saturated carbocycles. The molecule has 0 aromatic carbocycles. The summed E-state index contributed by atoms with van der Waals surface area (Å²) < 4.78 is 1.83. The number of anilines is 1. The van der Waals surface area contributed by atoms with Crippen LogP contribution in [0.25, 0.3) is 0 Å². The number of nitrogens with zero attached hydrogens (tertiary/aromatic N) is 2. The zero-order valence-corrected chi connectivity index (χ0v) is 7.39. The first-order valence-electron chi connectivity index (χ1n) is 3.98. The number of aromatic nitrogens is 2. The summed E-state index contributed by atoms with van der Waals surface area (Å²) in [7, 11) is 1.93. The molecule has 1 heterocycles. The molecule has 0 saturated heterocycles. The number of aryl methyl sites for hydroxylation is 2. The summed E-state index contributed by atoms with van der Waals surface area (Å²) in [5, 5.41) is 7.52. The second-order valence-corrected chi connectivity index (χ2v) is 2.73. The quantitative estimate of drug-likeness (QED) is 0.714. The van der Waals surface area contributed by atoms with Crippen molar-refractivity contribution >= 4 is 5.69 Å². The Kier molecular flexibility index (Phi) is 2.52. The maximum absolute atomic E-state index is 4.22. The fourth-order valence-corrected chi connectivity index (χ4v) is 1.03. The molecule has 3 heteroatoms. The van der Waals surface area contributed by atoms with Gasteiger partial charge >= 0.3 is 0 Å². The second kappa shape index (κ2) is 3.42. The number of hydrogen-bond acceptors (Lipinski definition) is 2. The first-order valence-corrected chi connectivity index (χ1v) is 3.98. The standard InChI is InChI=1S/C8H15N3/c1-4-5-9-8-6-11(3)10-7(8)2/h6,9H,4-5H2,1-3H3. The monoisotopic (exact) mass is 153 g/mol. The van der Waals surface area contributed by atoms with Crippen LogP contribution in [0, 0.1) is 6.92 Å². The van der Waals surface area contributed by atoms with Crippen LogP contribution >= 0.6 is 0 Å². The summed E-state index contributed by atoms with van der Waals surface area (Å²) in [5.41, 5.74) is 2.22. The zero-order chi connectivity index (χ0) is 8.27. The minimum atomic E-state index is 1.02. The van der Waals surface area contributed by atoms with Crippen molar-refractivity contribution in [1.82, 2.24) is 9.78 Å². The molecule has 1 N–H and O–H groups in total. The van der Waals surface area contributed by atoms with Gasteiger partial charge in [0.25, 0.3) is 0 Å². The molecule has 62 valence electrons. The lowest BCUT2D eigenvalue weighted by molar-refractivity contribution is 0.756. The lowest BCUT2D eigenvalue weighted by atomic mass is 10.4. The van der Waals surface area contributed by atoms with E-state index in [1.165, 1.54) is 0 Å². The van der Waals surface area contributed by atoms with Gasteiger partial charge in [-0.2, -0.15) is 5.10 Å². The minimum absolute atomic E-state index is 1.02. The van der Waals surface area contributed by atoms with E-state index in [1.807, 2.05) is 24.9 Å². The highest BCUT2D eigenvalue weighted by Crippen LogP contribution is 2.10. The Morgan fingerprint density at radius 3 is 2.82 bits per heavy atom. The van der Waals surface area contributed by atoms with Crippen molar-refractivity contribution in [3.63, 3.8) is 0 Å². The molecule has 0 aliphatic carbocycles. The fraction of sp³-hybridized carbons (Fsp3) is 0.625. The van der Waals surface area contributed by atoms with Gasteiger partial charge in [0.05, 0.1) is 11.4 Å². The average Bonchev–Trinajstić information content (AvgIpc) is 2.26. The summed E-state index contributed by atoms with van der Waals surface area (Å²) in [6.45, 7) is 5.18. The lowest BCUT2D eigenvalue weighted by Gasteiger charge is -1.99. The van der Waals surface area contributed by atoms with Crippen LogP contribution in [0.1, 0.15) is 19.0 Å². The van der Waals surface area contributed by atoms with E-state index in [4.69, 9.17) is 0 Å². The summed E-state index contributed by atoms with van der Waals surface area (Å²) in [6, 6.07) is 0. The first-order chi connectivity index (χ1) is 5.24. The third kappa shape index (κ3) is 1.97. The SMILES string of the molecule is CCCNc1cn(C)nc1C. The number of rotatable bonds is 3. The molecule has 0 radical (unpaired) electrons. The summed E-state index contributed by atoms with van der Waals surface area (Å²) in [6.07, 6.45) is 3.15. The fourth-order valence-electron chi connectivity index (χ4n) is 1.03. The lowest BCUT2D eigenvalue weighted by Crippen LogP contribution is -1.99. The van der Waals surface area contributed by atoms with Gasteiger partial charge in [-0.1, -0.05) is 6.92 Å². The molecule has 0 unspecified atom stereocenters. The molecule has 0 spiro atoms. The van der Waals surface area contributed by atoms with Gasteiger partial charge in [0.1, 0.15) is 0 Å². The Balaban J connectivity index is 2.62. The van der Waals surface area contributed by atoms with E-state index in [9.17, 15) is 0 Å². The minimum Gasteiger partial charge on any atom is -0.382 e. The Morgan fingerprint density at radius 2 is 2.36 bits per heavy atom. The second-order valence-electron chi connectivity index (χ2n) is 2.73. The molecule has 0 atom stereocenters. The molecule has 1 aromatic rings. The number of hydrogen-bond donors (Lipinski definition) is 1. The third-order valence-electron chi connectivity index (χ3n) is 1.58. The first kappa shape index (κ1) is 8.11. The molecule has 1 aromatic heterocycles. The molecule has 0 bridgehead atoms. The van der Waals surface area contributed by atoms with Crippen LogP contribution in [0.5, 0.6) is 0 Å². The molecule has 0 aliphatic heterocycles. The van der Waals surface area contributed by atoms with Gasteiger partial charge in [-0.25, -0.2) is 0 Å². The van der Waals surface area contributed by atoms with Crippen molar-refractivity contribution in [2.24, 2.45) is 7.05 Å². The van der Waals surface area contributed by atoms with Gasteiger partial charge in [0, 0.05) is 19.8 Å². The van der Waals surface area contributed by atoms with Crippen LogP contribution in [-0.2, 0) is 7.05 Å². The van der Waals surface area contributed by atoms with Crippen molar-refractivity contribution < 1.29 is 0 Å². The van der Waals surface area contributed by atoms with Gasteiger partial charge in [-0.3, -0.25) is 4.68 Å². The summed E-state index contributed by atoms with van der Waals surface area (Å²) in [4.78, 5) is 0. The predicted molar refractivity (Wildman–Crippen MR) is 46.7 cm³/mol. The predicted octanol–water partition coefficient (Wildman–Crippen LogP) is 1.55. The van der Waals surface area contributed by atoms with Gasteiger partial charge < -0.3 is 5.32 Å². The van der Waals surface area contributed by atoms with E-state index in [1.54, 1.807) is 0 Å². The summed E-state index contributed by atoms with van der Waals surface area (Å²) in [5.74, 6) is 0. The largest absolute Gasteiger partial charge is 0.382 e. The topological polar surface area (TPSA) is 29.9 Å².